The van der Waals surface area contributed by atoms with Crippen LogP contribution in [0.3, 0.4) is 0 Å². The van der Waals surface area contributed by atoms with E-state index < -0.39 is 0 Å². The highest BCUT2D eigenvalue weighted by Gasteiger charge is 2.32. The number of likely N-dealkylation sites (tertiary alicyclic amines) is 1. The van der Waals surface area contributed by atoms with E-state index in [0.717, 1.165) is 12.5 Å². The number of halogens is 1. The Morgan fingerprint density at radius 3 is 2.54 bits per heavy atom. The van der Waals surface area contributed by atoms with E-state index in [1.165, 1.54) is 64.1 Å². The van der Waals surface area contributed by atoms with Crippen LogP contribution in [0.5, 0.6) is 0 Å². The van der Waals surface area contributed by atoms with Crippen molar-refractivity contribution in [1.82, 2.24) is 15.1 Å². The third-order valence-electron chi connectivity index (χ3n) is 5.63. The zero-order chi connectivity index (χ0) is 16.1. The highest BCUT2D eigenvalue weighted by atomic mass is 35.5. The molecule has 1 unspecified atom stereocenters. The van der Waals surface area contributed by atoms with Crippen LogP contribution in [0.15, 0.2) is 30.3 Å². The maximum absolute atomic E-state index is 3.53. The molecule has 3 nitrogen and oxygen atoms in total. The average molecular weight is 352 g/mol. The quantitative estimate of drug-likeness (QED) is 0.848. The monoisotopic (exact) mass is 351 g/mol. The van der Waals surface area contributed by atoms with Gasteiger partial charge in [0.1, 0.15) is 0 Å². The van der Waals surface area contributed by atoms with Gasteiger partial charge in [0.25, 0.3) is 0 Å². The van der Waals surface area contributed by atoms with Crippen LogP contribution in [0.25, 0.3) is 0 Å². The molecule has 2 fully saturated rings. The largest absolute Gasteiger partial charge is 0.316 e. The van der Waals surface area contributed by atoms with Crippen LogP contribution in [-0.2, 0) is 6.54 Å². The molecule has 1 atom stereocenters. The Bertz CT molecular complexity index is 465. The molecule has 2 heterocycles. The van der Waals surface area contributed by atoms with Crippen molar-refractivity contribution in [3.05, 3.63) is 35.9 Å². The van der Waals surface area contributed by atoms with E-state index in [1.54, 1.807) is 0 Å². The fourth-order valence-corrected chi connectivity index (χ4v) is 4.27. The Hall–Kier alpha value is -0.610. The minimum Gasteiger partial charge on any atom is -0.316 e. The molecule has 1 N–H and O–H groups in total. The van der Waals surface area contributed by atoms with Crippen LogP contribution in [0.4, 0.5) is 0 Å². The van der Waals surface area contributed by atoms with Crippen LogP contribution >= 0.6 is 12.4 Å². The number of nitrogens with zero attached hydrogens (tertiary/aromatic N) is 2. The van der Waals surface area contributed by atoms with Gasteiger partial charge >= 0.3 is 0 Å². The lowest BCUT2D eigenvalue weighted by molar-refractivity contribution is 0.113. The van der Waals surface area contributed by atoms with Crippen LogP contribution in [0, 0.1) is 11.3 Å². The van der Waals surface area contributed by atoms with Crippen molar-refractivity contribution in [2.45, 2.75) is 32.7 Å². The number of nitrogens with one attached hydrogen (secondary N) is 1. The molecule has 4 heteroatoms. The Balaban J connectivity index is 0.00000208. The molecular formula is C20H34ClN3. The second kappa shape index (κ2) is 9.19. The fraction of sp³-hybridized carbons (Fsp3) is 0.700. The maximum atomic E-state index is 3.53. The van der Waals surface area contributed by atoms with Gasteiger partial charge in [0.15, 0.2) is 0 Å². The van der Waals surface area contributed by atoms with Gasteiger partial charge in [0, 0.05) is 26.2 Å². The molecule has 24 heavy (non-hydrogen) atoms. The van der Waals surface area contributed by atoms with Gasteiger partial charge in [-0.2, -0.15) is 0 Å². The topological polar surface area (TPSA) is 18.5 Å². The van der Waals surface area contributed by atoms with Crippen LogP contribution in [0.2, 0.25) is 0 Å². The van der Waals surface area contributed by atoms with E-state index in [-0.39, 0.29) is 12.4 Å². The first-order valence-corrected chi connectivity index (χ1v) is 9.29. The molecule has 0 aliphatic carbocycles. The molecule has 2 aliphatic rings. The van der Waals surface area contributed by atoms with Crippen molar-refractivity contribution >= 4 is 12.4 Å². The molecule has 2 saturated heterocycles. The number of piperidine rings is 1. The summed E-state index contributed by atoms with van der Waals surface area (Å²) in [7, 11) is 2.27. The Morgan fingerprint density at radius 2 is 1.92 bits per heavy atom. The minimum atomic E-state index is 0. The van der Waals surface area contributed by atoms with Crippen LogP contribution in [-0.4, -0.2) is 56.1 Å². The minimum absolute atomic E-state index is 0. The van der Waals surface area contributed by atoms with E-state index in [4.69, 9.17) is 0 Å². The lowest BCUT2D eigenvalue weighted by Gasteiger charge is -2.38. The van der Waals surface area contributed by atoms with Crippen molar-refractivity contribution < 1.29 is 0 Å². The molecule has 3 rings (SSSR count). The molecule has 0 amide bonds. The normalized spacial score (nSPS) is 25.8. The third-order valence-corrected chi connectivity index (χ3v) is 5.63. The van der Waals surface area contributed by atoms with E-state index >= 15 is 0 Å². The van der Waals surface area contributed by atoms with E-state index in [2.05, 4.69) is 59.4 Å². The standard InChI is InChI=1S/C20H33N3.ClH/c1-20(10-11-21-16-20)17-23-12-8-19(9-13-23)15-22(2)14-18-6-4-3-5-7-18;/h3-7,19,21H,8-17H2,1-2H3;1H. The van der Waals surface area contributed by atoms with Gasteiger partial charge in [-0.05, 0) is 62.8 Å². The zero-order valence-corrected chi connectivity index (χ0v) is 16.2. The van der Waals surface area contributed by atoms with Crippen molar-refractivity contribution in [2.75, 3.05) is 46.3 Å². The summed E-state index contributed by atoms with van der Waals surface area (Å²) >= 11 is 0. The SMILES string of the molecule is CN(Cc1ccccc1)CC1CCN(CC2(C)CCNC2)CC1.Cl. The van der Waals surface area contributed by atoms with Gasteiger partial charge in [0.2, 0.25) is 0 Å². The van der Waals surface area contributed by atoms with Crippen molar-refractivity contribution in [1.29, 1.82) is 0 Å². The molecule has 0 radical (unpaired) electrons. The predicted molar refractivity (Wildman–Crippen MR) is 105 cm³/mol. The summed E-state index contributed by atoms with van der Waals surface area (Å²) in [5.41, 5.74) is 1.94. The molecule has 136 valence electrons. The Labute approximate surface area is 154 Å². The van der Waals surface area contributed by atoms with Gasteiger partial charge in [-0.3, -0.25) is 0 Å². The molecule has 0 aromatic heterocycles. The maximum Gasteiger partial charge on any atom is 0.0230 e. The van der Waals surface area contributed by atoms with E-state index in [1.807, 2.05) is 0 Å². The van der Waals surface area contributed by atoms with Gasteiger partial charge < -0.3 is 15.1 Å². The second-order valence-electron chi connectivity index (χ2n) is 8.14. The summed E-state index contributed by atoms with van der Waals surface area (Å²) in [6, 6.07) is 10.8. The van der Waals surface area contributed by atoms with Gasteiger partial charge in [-0.1, -0.05) is 37.3 Å². The summed E-state index contributed by atoms with van der Waals surface area (Å²) in [4.78, 5) is 5.21. The van der Waals surface area contributed by atoms with Gasteiger partial charge in [-0.25, -0.2) is 0 Å². The average Bonchev–Trinajstić information content (AvgIpc) is 2.96. The number of hydrogen-bond acceptors (Lipinski definition) is 3. The first-order chi connectivity index (χ1) is 11.1. The molecule has 1 aromatic rings. The molecule has 2 aliphatic heterocycles. The van der Waals surface area contributed by atoms with Crippen LogP contribution in [0.1, 0.15) is 31.7 Å². The van der Waals surface area contributed by atoms with Gasteiger partial charge in [-0.15, -0.1) is 12.4 Å². The second-order valence-corrected chi connectivity index (χ2v) is 8.14. The lowest BCUT2D eigenvalue weighted by atomic mass is 9.87. The highest BCUT2D eigenvalue weighted by molar-refractivity contribution is 5.85. The number of benzene rings is 1. The van der Waals surface area contributed by atoms with Gasteiger partial charge in [0.05, 0.1) is 0 Å². The van der Waals surface area contributed by atoms with Crippen LogP contribution < -0.4 is 5.32 Å². The highest BCUT2D eigenvalue weighted by Crippen LogP contribution is 2.28. The van der Waals surface area contributed by atoms with Crippen molar-refractivity contribution in [3.8, 4) is 0 Å². The van der Waals surface area contributed by atoms with E-state index in [0.29, 0.717) is 5.41 Å². The predicted octanol–water partition coefficient (Wildman–Crippen LogP) is 3.25. The summed E-state index contributed by atoms with van der Waals surface area (Å²) < 4.78 is 0. The molecule has 0 spiro atoms. The molecular weight excluding hydrogens is 318 g/mol. The summed E-state index contributed by atoms with van der Waals surface area (Å²) in [5.74, 6) is 0.870. The molecule has 0 saturated carbocycles. The summed E-state index contributed by atoms with van der Waals surface area (Å²) in [6.07, 6.45) is 4.07. The Kier molecular flexibility index (Phi) is 7.55. The molecule has 1 aromatic carbocycles. The smallest absolute Gasteiger partial charge is 0.0230 e. The summed E-state index contributed by atoms with van der Waals surface area (Å²) in [6.45, 7) is 11.0. The van der Waals surface area contributed by atoms with Crippen molar-refractivity contribution in [3.63, 3.8) is 0 Å². The lowest BCUT2D eigenvalue weighted by Crippen LogP contribution is -2.43. The number of hydrogen-bond donors (Lipinski definition) is 1. The fourth-order valence-electron chi connectivity index (χ4n) is 4.27. The number of rotatable bonds is 6. The zero-order valence-electron chi connectivity index (χ0n) is 15.3. The third kappa shape index (κ3) is 5.73. The first-order valence-electron chi connectivity index (χ1n) is 9.29. The van der Waals surface area contributed by atoms with Crippen molar-refractivity contribution in [2.24, 2.45) is 11.3 Å². The molecule has 0 bridgehead atoms. The summed E-state index contributed by atoms with van der Waals surface area (Å²) in [5, 5.41) is 3.53. The van der Waals surface area contributed by atoms with E-state index in [9.17, 15) is 0 Å². The Morgan fingerprint density at radius 1 is 1.21 bits per heavy atom. The first kappa shape index (κ1) is 19.7.